The van der Waals surface area contributed by atoms with Crippen LogP contribution in [0.3, 0.4) is 0 Å². The summed E-state index contributed by atoms with van der Waals surface area (Å²) >= 11 is 0. The minimum Gasteiger partial charge on any atom is -0.489 e. The summed E-state index contributed by atoms with van der Waals surface area (Å²) in [6.45, 7) is 8.32. The second kappa shape index (κ2) is 9.79. The smallest absolute Gasteiger partial charge is 0.220 e. The van der Waals surface area contributed by atoms with Crippen molar-refractivity contribution in [2.45, 2.75) is 64.3 Å². The van der Waals surface area contributed by atoms with Gasteiger partial charge in [-0.15, -0.1) is 0 Å². The van der Waals surface area contributed by atoms with Crippen LogP contribution in [-0.4, -0.2) is 61.2 Å². The molecule has 3 heterocycles. The molecule has 29 heavy (non-hydrogen) atoms. The molecule has 1 aromatic heterocycles. The van der Waals surface area contributed by atoms with Crippen molar-refractivity contribution in [3.05, 3.63) is 17.8 Å². The van der Waals surface area contributed by atoms with Crippen LogP contribution >= 0.6 is 0 Å². The lowest BCUT2D eigenvalue weighted by atomic mass is 9.84. The summed E-state index contributed by atoms with van der Waals surface area (Å²) in [5, 5.41) is 3.21. The molecule has 0 bridgehead atoms. The monoisotopic (exact) mass is 400 g/mol. The van der Waals surface area contributed by atoms with Crippen LogP contribution in [0.2, 0.25) is 0 Å². The van der Waals surface area contributed by atoms with Crippen LogP contribution in [0.1, 0.15) is 57.4 Å². The number of nitrogens with zero attached hydrogens (tertiary/aromatic N) is 3. The van der Waals surface area contributed by atoms with E-state index in [0.717, 1.165) is 76.0 Å². The average Bonchev–Trinajstić information content (AvgIpc) is 3.23. The predicted octanol–water partition coefficient (Wildman–Crippen LogP) is 3.00. The van der Waals surface area contributed by atoms with Gasteiger partial charge in [0.05, 0.1) is 6.61 Å². The number of nitrogens with one attached hydrogen (secondary N) is 1. The van der Waals surface area contributed by atoms with Crippen molar-refractivity contribution in [1.82, 2.24) is 15.2 Å². The highest BCUT2D eigenvalue weighted by atomic mass is 16.5. The van der Waals surface area contributed by atoms with E-state index in [-0.39, 0.29) is 5.91 Å². The van der Waals surface area contributed by atoms with Gasteiger partial charge in [0.1, 0.15) is 0 Å². The van der Waals surface area contributed by atoms with E-state index >= 15 is 0 Å². The van der Waals surface area contributed by atoms with E-state index in [0.29, 0.717) is 12.5 Å². The number of hydrogen-bond donors (Lipinski definition) is 1. The summed E-state index contributed by atoms with van der Waals surface area (Å²) in [6, 6.07) is 2.50. The molecule has 0 aromatic carbocycles. The standard InChI is InChI=1S/C23H36N4O2/c1-2-3-21(28)25-20-6-4-18(5-7-20)9-12-26-13-15-27(16-14-26)23-22-19(8-11-24-23)10-17-29-22/h8,11,18,20H,2-7,9-10,12-17H2,1H3,(H,25,28)/t18-,20-. The number of pyridine rings is 1. The minimum atomic E-state index is 0.234. The zero-order chi connectivity index (χ0) is 20.1. The Morgan fingerprint density at radius 1 is 1.21 bits per heavy atom. The van der Waals surface area contributed by atoms with Crippen molar-refractivity contribution in [1.29, 1.82) is 0 Å². The van der Waals surface area contributed by atoms with Gasteiger partial charge in [-0.3, -0.25) is 9.69 Å². The molecule has 0 spiro atoms. The van der Waals surface area contributed by atoms with E-state index in [1.807, 2.05) is 6.20 Å². The van der Waals surface area contributed by atoms with Crippen molar-refractivity contribution in [3.63, 3.8) is 0 Å². The molecule has 1 N–H and O–H groups in total. The molecule has 2 fully saturated rings. The zero-order valence-corrected chi connectivity index (χ0v) is 17.9. The molecule has 0 unspecified atom stereocenters. The molecule has 0 radical (unpaired) electrons. The van der Waals surface area contributed by atoms with Gasteiger partial charge in [0, 0.05) is 56.8 Å². The number of rotatable bonds is 7. The molecule has 1 amide bonds. The summed E-state index contributed by atoms with van der Waals surface area (Å²) in [6.07, 6.45) is 10.6. The summed E-state index contributed by atoms with van der Waals surface area (Å²) < 4.78 is 5.84. The maximum absolute atomic E-state index is 11.8. The van der Waals surface area contributed by atoms with Crippen LogP contribution in [-0.2, 0) is 11.2 Å². The van der Waals surface area contributed by atoms with E-state index in [9.17, 15) is 4.79 Å². The third-order valence-electron chi connectivity index (χ3n) is 6.80. The lowest BCUT2D eigenvalue weighted by Gasteiger charge is -2.37. The number of amides is 1. The Morgan fingerprint density at radius 3 is 2.76 bits per heavy atom. The molecule has 1 saturated heterocycles. The van der Waals surface area contributed by atoms with Gasteiger partial charge >= 0.3 is 0 Å². The Labute approximate surface area is 175 Å². The van der Waals surface area contributed by atoms with E-state index in [4.69, 9.17) is 4.74 Å². The average molecular weight is 401 g/mol. The van der Waals surface area contributed by atoms with Crippen LogP contribution < -0.4 is 15.0 Å². The molecule has 6 nitrogen and oxygen atoms in total. The number of anilines is 1. The fraction of sp³-hybridized carbons (Fsp3) is 0.739. The van der Waals surface area contributed by atoms with Gasteiger partial charge in [-0.05, 0) is 57.1 Å². The molecule has 1 aliphatic carbocycles. The summed E-state index contributed by atoms with van der Waals surface area (Å²) in [5.41, 5.74) is 1.30. The van der Waals surface area contributed by atoms with E-state index in [1.54, 1.807) is 0 Å². The van der Waals surface area contributed by atoms with Gasteiger partial charge in [-0.2, -0.15) is 0 Å². The quantitative estimate of drug-likeness (QED) is 0.762. The minimum absolute atomic E-state index is 0.234. The summed E-state index contributed by atoms with van der Waals surface area (Å²) in [5.74, 6) is 3.12. The van der Waals surface area contributed by atoms with E-state index in [2.05, 4.69) is 33.1 Å². The second-order valence-electron chi connectivity index (χ2n) is 8.87. The van der Waals surface area contributed by atoms with Crippen molar-refractivity contribution < 1.29 is 9.53 Å². The number of piperazine rings is 1. The highest BCUT2D eigenvalue weighted by Gasteiger charge is 2.26. The van der Waals surface area contributed by atoms with Gasteiger partial charge in [0.2, 0.25) is 5.91 Å². The van der Waals surface area contributed by atoms with Crippen LogP contribution in [0.4, 0.5) is 5.82 Å². The summed E-state index contributed by atoms with van der Waals surface area (Å²) in [7, 11) is 0. The van der Waals surface area contributed by atoms with Gasteiger partial charge in [-0.1, -0.05) is 6.92 Å². The third-order valence-corrected chi connectivity index (χ3v) is 6.80. The Morgan fingerprint density at radius 2 is 2.00 bits per heavy atom. The van der Waals surface area contributed by atoms with Crippen LogP contribution in [0.15, 0.2) is 12.3 Å². The number of fused-ring (bicyclic) bond motifs is 1. The molecule has 1 aromatic rings. The second-order valence-corrected chi connectivity index (χ2v) is 8.87. The molecule has 6 heteroatoms. The van der Waals surface area contributed by atoms with Gasteiger partial charge in [0.15, 0.2) is 11.6 Å². The molecule has 1 saturated carbocycles. The lowest BCUT2D eigenvalue weighted by molar-refractivity contribution is -0.122. The first-order valence-corrected chi connectivity index (χ1v) is 11.6. The molecule has 2 aliphatic heterocycles. The first-order valence-electron chi connectivity index (χ1n) is 11.6. The highest BCUT2D eigenvalue weighted by molar-refractivity contribution is 5.76. The van der Waals surface area contributed by atoms with Crippen molar-refractivity contribution >= 4 is 11.7 Å². The third kappa shape index (κ3) is 5.21. The van der Waals surface area contributed by atoms with Gasteiger partial charge in [-0.25, -0.2) is 4.98 Å². The van der Waals surface area contributed by atoms with Gasteiger partial charge < -0.3 is 15.0 Å². The molecule has 160 valence electrons. The fourth-order valence-electron chi connectivity index (χ4n) is 4.99. The molecule has 4 rings (SSSR count). The van der Waals surface area contributed by atoms with E-state index < -0.39 is 0 Å². The lowest BCUT2D eigenvalue weighted by Crippen LogP contribution is -2.47. The Balaban J connectivity index is 1.16. The number of ether oxygens (including phenoxy) is 1. The molecular formula is C23H36N4O2. The SMILES string of the molecule is CCCC(=O)N[C@H]1CC[C@H](CCN2CCN(c3nccc4c3OCC4)CC2)CC1. The van der Waals surface area contributed by atoms with Crippen molar-refractivity contribution in [2.24, 2.45) is 5.92 Å². The molecule has 0 atom stereocenters. The number of aromatic nitrogens is 1. The van der Waals surface area contributed by atoms with Crippen LogP contribution in [0, 0.1) is 5.92 Å². The molecule has 3 aliphatic rings. The van der Waals surface area contributed by atoms with Crippen LogP contribution in [0.25, 0.3) is 0 Å². The number of carbonyl (C=O) groups excluding carboxylic acids is 1. The topological polar surface area (TPSA) is 57.7 Å². The summed E-state index contributed by atoms with van der Waals surface area (Å²) in [4.78, 5) is 21.4. The van der Waals surface area contributed by atoms with Crippen LogP contribution in [0.5, 0.6) is 5.75 Å². The number of hydrogen-bond acceptors (Lipinski definition) is 5. The fourth-order valence-corrected chi connectivity index (χ4v) is 4.99. The number of carbonyl (C=O) groups is 1. The predicted molar refractivity (Wildman–Crippen MR) is 116 cm³/mol. The normalized spacial score (nSPS) is 24.8. The first kappa shape index (κ1) is 20.5. The molecular weight excluding hydrogens is 364 g/mol. The van der Waals surface area contributed by atoms with Crippen molar-refractivity contribution in [2.75, 3.05) is 44.2 Å². The highest BCUT2D eigenvalue weighted by Crippen LogP contribution is 2.34. The zero-order valence-electron chi connectivity index (χ0n) is 17.9. The maximum Gasteiger partial charge on any atom is 0.220 e. The van der Waals surface area contributed by atoms with Crippen molar-refractivity contribution in [3.8, 4) is 5.75 Å². The Bertz CT molecular complexity index is 679. The largest absolute Gasteiger partial charge is 0.489 e. The van der Waals surface area contributed by atoms with Gasteiger partial charge in [0.25, 0.3) is 0 Å². The maximum atomic E-state index is 11.8. The Hall–Kier alpha value is -1.82. The Kier molecular flexibility index (Phi) is 6.90. The van der Waals surface area contributed by atoms with E-state index in [1.165, 1.54) is 31.4 Å². The first-order chi connectivity index (χ1) is 14.2.